The lowest BCUT2D eigenvalue weighted by Gasteiger charge is -2.32. The Bertz CT molecular complexity index is 891. The Morgan fingerprint density at radius 3 is 2.12 bits per heavy atom. The van der Waals surface area contributed by atoms with Crippen molar-refractivity contribution in [3.05, 3.63) is 35.9 Å². The average Bonchev–Trinajstić information content (AvgIpc) is 2.87. The van der Waals surface area contributed by atoms with E-state index in [1.807, 2.05) is 18.2 Å². The molecule has 1 N–H and O–H groups in total. The highest BCUT2D eigenvalue weighted by Gasteiger charge is 2.26. The molecule has 0 bridgehead atoms. The van der Waals surface area contributed by atoms with E-state index in [2.05, 4.69) is 37.4 Å². The third-order valence-corrected chi connectivity index (χ3v) is 6.42. The average molecular weight is 440 g/mol. The largest absolute Gasteiger partial charge is 0.493 e. The molecule has 2 fully saturated rings. The summed E-state index contributed by atoms with van der Waals surface area (Å²) in [5.74, 6) is 3.34. The molecule has 0 radical (unpaired) electrons. The van der Waals surface area contributed by atoms with Gasteiger partial charge >= 0.3 is 0 Å². The summed E-state index contributed by atoms with van der Waals surface area (Å²) < 4.78 is 10.6. The fourth-order valence-electron chi connectivity index (χ4n) is 4.47. The molecule has 172 valence electrons. The molecule has 0 spiro atoms. The Morgan fingerprint density at radius 2 is 1.53 bits per heavy atom. The van der Waals surface area contributed by atoms with E-state index in [4.69, 9.17) is 9.47 Å². The van der Waals surface area contributed by atoms with Crippen molar-refractivity contribution in [2.24, 2.45) is 5.92 Å². The minimum absolute atomic E-state index is 0.0203. The molecule has 2 saturated heterocycles. The van der Waals surface area contributed by atoms with Crippen molar-refractivity contribution in [2.45, 2.75) is 38.6 Å². The van der Waals surface area contributed by atoms with Crippen molar-refractivity contribution in [3.63, 3.8) is 0 Å². The van der Waals surface area contributed by atoms with Crippen LogP contribution in [0, 0.1) is 5.92 Å². The van der Waals surface area contributed by atoms with Crippen LogP contribution < -0.4 is 24.6 Å². The number of hydrogen-bond donors (Lipinski definition) is 1. The highest BCUT2D eigenvalue weighted by atomic mass is 16.5. The number of methoxy groups -OCH3 is 2. The molecule has 0 atom stereocenters. The zero-order valence-electron chi connectivity index (χ0n) is 19.0. The summed E-state index contributed by atoms with van der Waals surface area (Å²) in [7, 11) is 3.22. The van der Waals surface area contributed by atoms with Crippen LogP contribution >= 0.6 is 0 Å². The van der Waals surface area contributed by atoms with Crippen molar-refractivity contribution in [2.75, 3.05) is 50.2 Å². The number of nitrogens with zero attached hydrogens (tertiary/aromatic N) is 4. The first kappa shape index (κ1) is 22.2. The van der Waals surface area contributed by atoms with Gasteiger partial charge in [-0.2, -0.15) is 0 Å². The van der Waals surface area contributed by atoms with Crippen LogP contribution in [0.15, 0.2) is 30.3 Å². The fraction of sp³-hybridized carbons (Fsp3) is 0.542. The summed E-state index contributed by atoms with van der Waals surface area (Å²) in [6.07, 6.45) is 5.38. The first-order valence-electron chi connectivity index (χ1n) is 11.5. The highest BCUT2D eigenvalue weighted by molar-refractivity contribution is 5.79. The molecule has 2 aliphatic heterocycles. The number of rotatable bonds is 7. The molecule has 2 aliphatic rings. The molecular weight excluding hydrogens is 406 g/mol. The molecule has 3 heterocycles. The van der Waals surface area contributed by atoms with Gasteiger partial charge in [0, 0.05) is 38.6 Å². The summed E-state index contributed by atoms with van der Waals surface area (Å²) in [6.45, 7) is 4.23. The monoisotopic (exact) mass is 439 g/mol. The summed E-state index contributed by atoms with van der Waals surface area (Å²) >= 11 is 0. The minimum atomic E-state index is 0.0203. The second-order valence-corrected chi connectivity index (χ2v) is 8.47. The smallest absolute Gasteiger partial charge is 0.223 e. The number of hydrogen-bond acceptors (Lipinski definition) is 7. The van der Waals surface area contributed by atoms with Gasteiger partial charge in [-0.05, 0) is 61.9 Å². The SMILES string of the molecule is COc1ccc(CNC(=O)C2CCN(c3ccc(N4CCCCC4)nn3)CC2)cc1OC. The van der Waals surface area contributed by atoms with Crippen LogP contribution in [0.4, 0.5) is 11.6 Å². The van der Waals surface area contributed by atoms with Crippen LogP contribution in [-0.4, -0.2) is 56.5 Å². The first-order valence-corrected chi connectivity index (χ1v) is 11.5. The number of ether oxygens (including phenoxy) is 2. The molecule has 1 amide bonds. The van der Waals surface area contributed by atoms with Gasteiger partial charge in [-0.3, -0.25) is 4.79 Å². The normalized spacial score (nSPS) is 17.2. The van der Waals surface area contributed by atoms with Crippen molar-refractivity contribution in [3.8, 4) is 11.5 Å². The molecule has 0 aliphatic carbocycles. The standard InChI is InChI=1S/C24H33N5O3/c1-31-20-7-6-18(16-21(20)32-2)17-25-24(30)19-10-14-29(15-11-19)23-9-8-22(26-27-23)28-12-4-3-5-13-28/h6-9,16,19H,3-5,10-15,17H2,1-2H3,(H,25,30). The van der Waals surface area contributed by atoms with E-state index in [9.17, 15) is 4.79 Å². The number of aromatic nitrogens is 2. The lowest BCUT2D eigenvalue weighted by Crippen LogP contribution is -2.40. The Balaban J connectivity index is 1.25. The van der Waals surface area contributed by atoms with Crippen LogP contribution in [0.3, 0.4) is 0 Å². The maximum absolute atomic E-state index is 12.7. The molecule has 32 heavy (non-hydrogen) atoms. The molecule has 8 nitrogen and oxygen atoms in total. The first-order chi connectivity index (χ1) is 15.7. The van der Waals surface area contributed by atoms with E-state index >= 15 is 0 Å². The summed E-state index contributed by atoms with van der Waals surface area (Å²) in [5.41, 5.74) is 0.984. The van der Waals surface area contributed by atoms with Gasteiger partial charge in [0.05, 0.1) is 14.2 Å². The highest BCUT2D eigenvalue weighted by Crippen LogP contribution is 2.28. The van der Waals surface area contributed by atoms with E-state index in [0.717, 1.165) is 56.2 Å². The lowest BCUT2D eigenvalue weighted by atomic mass is 9.96. The van der Waals surface area contributed by atoms with Gasteiger partial charge in [-0.15, -0.1) is 10.2 Å². The zero-order valence-corrected chi connectivity index (χ0v) is 19.0. The molecular formula is C24H33N5O3. The fourth-order valence-corrected chi connectivity index (χ4v) is 4.47. The van der Waals surface area contributed by atoms with Crippen LogP contribution in [-0.2, 0) is 11.3 Å². The van der Waals surface area contributed by atoms with Crippen molar-refractivity contribution < 1.29 is 14.3 Å². The van der Waals surface area contributed by atoms with Gasteiger partial charge in [0.1, 0.15) is 0 Å². The second kappa shape index (κ2) is 10.5. The molecule has 2 aromatic rings. The maximum Gasteiger partial charge on any atom is 0.223 e. The quantitative estimate of drug-likeness (QED) is 0.710. The van der Waals surface area contributed by atoms with Gasteiger partial charge in [-0.1, -0.05) is 6.07 Å². The number of nitrogens with one attached hydrogen (secondary N) is 1. The van der Waals surface area contributed by atoms with Gasteiger partial charge in [0.2, 0.25) is 5.91 Å². The molecule has 0 saturated carbocycles. The number of amides is 1. The molecule has 1 aromatic carbocycles. The summed E-state index contributed by atoms with van der Waals surface area (Å²) in [4.78, 5) is 17.2. The Morgan fingerprint density at radius 1 is 0.906 bits per heavy atom. The van der Waals surface area contributed by atoms with Gasteiger partial charge in [0.15, 0.2) is 23.1 Å². The van der Waals surface area contributed by atoms with E-state index < -0.39 is 0 Å². The van der Waals surface area contributed by atoms with Crippen molar-refractivity contribution in [1.82, 2.24) is 15.5 Å². The van der Waals surface area contributed by atoms with Crippen LogP contribution in [0.25, 0.3) is 0 Å². The molecule has 8 heteroatoms. The third kappa shape index (κ3) is 5.23. The molecule has 4 rings (SSSR count). The van der Waals surface area contributed by atoms with E-state index in [0.29, 0.717) is 18.0 Å². The van der Waals surface area contributed by atoms with Gasteiger partial charge in [-0.25, -0.2) is 0 Å². The zero-order chi connectivity index (χ0) is 22.3. The Kier molecular flexibility index (Phi) is 7.29. The Hall–Kier alpha value is -3.03. The number of carbonyl (C=O) groups excluding carboxylic acids is 1. The van der Waals surface area contributed by atoms with E-state index in [-0.39, 0.29) is 11.8 Å². The number of piperidine rings is 2. The minimum Gasteiger partial charge on any atom is -0.493 e. The lowest BCUT2D eigenvalue weighted by molar-refractivity contribution is -0.125. The maximum atomic E-state index is 12.7. The van der Waals surface area contributed by atoms with E-state index in [1.165, 1.54) is 19.3 Å². The second-order valence-electron chi connectivity index (χ2n) is 8.47. The van der Waals surface area contributed by atoms with Gasteiger partial charge in [0.25, 0.3) is 0 Å². The van der Waals surface area contributed by atoms with Crippen molar-refractivity contribution >= 4 is 17.5 Å². The number of anilines is 2. The molecule has 0 unspecified atom stereocenters. The van der Waals surface area contributed by atoms with Gasteiger partial charge < -0.3 is 24.6 Å². The Labute approximate surface area is 189 Å². The summed E-state index contributed by atoms with van der Waals surface area (Å²) in [6, 6.07) is 9.84. The van der Waals surface area contributed by atoms with E-state index in [1.54, 1.807) is 14.2 Å². The number of carbonyl (C=O) groups is 1. The molecule has 1 aromatic heterocycles. The summed E-state index contributed by atoms with van der Waals surface area (Å²) in [5, 5.41) is 12.0. The van der Waals surface area contributed by atoms with Crippen LogP contribution in [0.5, 0.6) is 11.5 Å². The third-order valence-electron chi connectivity index (χ3n) is 6.42. The van der Waals surface area contributed by atoms with Crippen LogP contribution in [0.2, 0.25) is 0 Å². The van der Waals surface area contributed by atoms with Crippen molar-refractivity contribution in [1.29, 1.82) is 0 Å². The van der Waals surface area contributed by atoms with Crippen LogP contribution in [0.1, 0.15) is 37.7 Å². The topological polar surface area (TPSA) is 79.8 Å². The predicted molar refractivity (Wildman–Crippen MR) is 124 cm³/mol. The number of benzene rings is 1. The predicted octanol–water partition coefficient (Wildman–Crippen LogP) is 3.02.